The summed E-state index contributed by atoms with van der Waals surface area (Å²) in [5.74, 6) is 1.61. The van der Waals surface area contributed by atoms with Gasteiger partial charge in [0.05, 0.1) is 13.1 Å². The van der Waals surface area contributed by atoms with E-state index in [0.717, 1.165) is 50.6 Å². The number of hydrogen-bond donors (Lipinski definition) is 2. The average Bonchev–Trinajstić information content (AvgIpc) is 2.83. The molecule has 0 spiro atoms. The number of guanidine groups is 1. The number of para-hydroxylation sites is 1. The zero-order chi connectivity index (χ0) is 22.8. The summed E-state index contributed by atoms with van der Waals surface area (Å²) >= 11 is 0. The minimum Gasteiger partial charge on any atom is -0.486 e. The maximum atomic E-state index is 13.8. The summed E-state index contributed by atoms with van der Waals surface area (Å²) < 4.78 is 19.4. The Balaban J connectivity index is 1.50. The number of likely N-dealkylation sites (N-methyl/N-ethyl adjacent to an activating group) is 1. The zero-order valence-corrected chi connectivity index (χ0v) is 19.4. The van der Waals surface area contributed by atoms with E-state index in [9.17, 15) is 4.39 Å². The molecular weight excluding hydrogens is 407 g/mol. The highest BCUT2D eigenvalue weighted by Crippen LogP contribution is 2.17. The quantitative estimate of drug-likeness (QED) is 0.460. The van der Waals surface area contributed by atoms with Gasteiger partial charge in [0.15, 0.2) is 17.5 Å². The molecule has 7 nitrogen and oxygen atoms in total. The number of anilines is 1. The summed E-state index contributed by atoms with van der Waals surface area (Å²) in [5.41, 5.74) is 1.05. The highest BCUT2D eigenvalue weighted by Gasteiger charge is 2.16. The molecule has 0 amide bonds. The van der Waals surface area contributed by atoms with Gasteiger partial charge in [-0.25, -0.2) is 14.4 Å². The van der Waals surface area contributed by atoms with Gasteiger partial charge in [0.2, 0.25) is 0 Å². The number of aromatic nitrogens is 1. The number of halogens is 1. The van der Waals surface area contributed by atoms with Crippen LogP contribution in [0.2, 0.25) is 0 Å². The van der Waals surface area contributed by atoms with Gasteiger partial charge in [-0.3, -0.25) is 0 Å². The number of pyridine rings is 1. The van der Waals surface area contributed by atoms with Gasteiger partial charge in [-0.2, -0.15) is 0 Å². The highest BCUT2D eigenvalue weighted by atomic mass is 19.1. The molecule has 1 aromatic carbocycles. The van der Waals surface area contributed by atoms with Gasteiger partial charge in [-0.05, 0) is 44.2 Å². The van der Waals surface area contributed by atoms with Gasteiger partial charge >= 0.3 is 0 Å². The number of nitrogens with zero attached hydrogens (tertiary/aromatic N) is 4. The van der Waals surface area contributed by atoms with E-state index in [2.05, 4.69) is 49.5 Å². The molecule has 0 bridgehead atoms. The fraction of sp³-hybridized carbons (Fsp3) is 0.500. The molecule has 0 saturated carbocycles. The molecule has 1 saturated heterocycles. The van der Waals surface area contributed by atoms with E-state index in [-0.39, 0.29) is 17.7 Å². The van der Waals surface area contributed by atoms with Crippen molar-refractivity contribution in [1.29, 1.82) is 0 Å². The fourth-order valence-electron chi connectivity index (χ4n) is 3.54. The molecule has 8 heteroatoms. The largest absolute Gasteiger partial charge is 0.486 e. The fourth-order valence-corrected chi connectivity index (χ4v) is 3.54. The predicted octanol–water partition coefficient (Wildman–Crippen LogP) is 2.89. The molecule has 1 fully saturated rings. The molecule has 0 aliphatic carbocycles. The summed E-state index contributed by atoms with van der Waals surface area (Å²) in [6.45, 7) is 13.2. The maximum absolute atomic E-state index is 13.8. The highest BCUT2D eigenvalue weighted by molar-refractivity contribution is 5.79. The number of nitrogens with one attached hydrogen (secondary N) is 2. The Morgan fingerprint density at radius 1 is 1.12 bits per heavy atom. The van der Waals surface area contributed by atoms with Gasteiger partial charge < -0.3 is 25.2 Å². The lowest BCUT2D eigenvalue weighted by atomic mass is 10.2. The third-order valence-electron chi connectivity index (χ3n) is 5.44. The Labute approximate surface area is 190 Å². The molecular formula is C24H35FN6O. The first-order chi connectivity index (χ1) is 15.6. The van der Waals surface area contributed by atoms with Crippen LogP contribution in [0.4, 0.5) is 10.2 Å². The topological polar surface area (TPSA) is 65.0 Å². The molecule has 2 N–H and O–H groups in total. The third kappa shape index (κ3) is 7.09. The lowest BCUT2D eigenvalue weighted by molar-refractivity contribution is 0.214. The van der Waals surface area contributed by atoms with Crippen molar-refractivity contribution in [3.63, 3.8) is 0 Å². The summed E-state index contributed by atoms with van der Waals surface area (Å²) in [7, 11) is 0. The Bertz CT molecular complexity index is 852. The standard InChI is InChI=1S/C24H35FN6O/c1-4-26-24(28-16-19(3)32-22-9-7-6-8-21(22)25)29-18-20-10-11-23(27-17-20)31-14-12-30(5-2)13-15-31/h6-11,17,19H,4-5,12-16,18H2,1-3H3,(H2,26,28,29). The predicted molar refractivity (Wildman–Crippen MR) is 128 cm³/mol. The van der Waals surface area contributed by atoms with Gasteiger partial charge in [0, 0.05) is 38.9 Å². The number of hydrogen-bond acceptors (Lipinski definition) is 5. The van der Waals surface area contributed by atoms with Crippen molar-refractivity contribution in [3.05, 3.63) is 54.0 Å². The van der Waals surface area contributed by atoms with Crippen molar-refractivity contribution in [2.75, 3.05) is 50.7 Å². The van der Waals surface area contributed by atoms with E-state index in [1.165, 1.54) is 6.07 Å². The maximum Gasteiger partial charge on any atom is 0.191 e. The second kappa shape index (κ2) is 12.2. The van der Waals surface area contributed by atoms with E-state index in [1.807, 2.05) is 20.0 Å². The lowest BCUT2D eigenvalue weighted by Crippen LogP contribution is -2.46. The van der Waals surface area contributed by atoms with Crippen LogP contribution in [-0.2, 0) is 6.54 Å². The summed E-state index contributed by atoms with van der Waals surface area (Å²) in [6, 6.07) is 10.6. The minimum atomic E-state index is -0.358. The molecule has 0 radical (unpaired) electrons. The van der Waals surface area contributed by atoms with Gasteiger partial charge in [-0.15, -0.1) is 0 Å². The Kier molecular flexibility index (Phi) is 9.10. The first kappa shape index (κ1) is 23.8. The number of rotatable bonds is 9. The molecule has 32 heavy (non-hydrogen) atoms. The van der Waals surface area contributed by atoms with E-state index < -0.39 is 0 Å². The second-order valence-corrected chi connectivity index (χ2v) is 7.88. The van der Waals surface area contributed by atoms with Gasteiger partial charge in [0.25, 0.3) is 0 Å². The Morgan fingerprint density at radius 2 is 1.91 bits per heavy atom. The third-order valence-corrected chi connectivity index (χ3v) is 5.44. The number of aliphatic imine (C=N–C) groups is 1. The van der Waals surface area contributed by atoms with Crippen LogP contribution in [0.3, 0.4) is 0 Å². The molecule has 1 atom stereocenters. The van der Waals surface area contributed by atoms with Crippen LogP contribution in [-0.4, -0.2) is 67.8 Å². The van der Waals surface area contributed by atoms with Crippen LogP contribution in [0.25, 0.3) is 0 Å². The monoisotopic (exact) mass is 442 g/mol. The summed E-state index contributed by atoms with van der Waals surface area (Å²) in [4.78, 5) is 14.1. The van der Waals surface area contributed by atoms with Gasteiger partial charge in [0.1, 0.15) is 11.9 Å². The van der Waals surface area contributed by atoms with Gasteiger partial charge in [-0.1, -0.05) is 25.1 Å². The summed E-state index contributed by atoms with van der Waals surface area (Å²) in [6.07, 6.45) is 1.68. The van der Waals surface area contributed by atoms with Crippen LogP contribution in [0.1, 0.15) is 26.3 Å². The molecule has 1 unspecified atom stereocenters. The number of benzene rings is 1. The second-order valence-electron chi connectivity index (χ2n) is 7.88. The van der Waals surface area contributed by atoms with Crippen molar-refractivity contribution < 1.29 is 9.13 Å². The SMILES string of the molecule is CCNC(=NCc1ccc(N2CCN(CC)CC2)nc1)NCC(C)Oc1ccccc1F. The molecule has 2 aromatic rings. The molecule has 2 heterocycles. The van der Waals surface area contributed by atoms with E-state index >= 15 is 0 Å². The van der Waals surface area contributed by atoms with Crippen LogP contribution < -0.4 is 20.3 Å². The van der Waals surface area contributed by atoms with Crippen molar-refractivity contribution in [1.82, 2.24) is 20.5 Å². The normalized spacial score (nSPS) is 16.0. The van der Waals surface area contributed by atoms with Crippen molar-refractivity contribution in [3.8, 4) is 5.75 Å². The van der Waals surface area contributed by atoms with E-state index in [1.54, 1.807) is 18.2 Å². The molecule has 1 aliphatic rings. The van der Waals surface area contributed by atoms with E-state index in [0.29, 0.717) is 19.0 Å². The van der Waals surface area contributed by atoms with Crippen LogP contribution in [0.5, 0.6) is 5.75 Å². The first-order valence-corrected chi connectivity index (χ1v) is 11.4. The number of ether oxygens (including phenoxy) is 1. The Morgan fingerprint density at radius 3 is 2.56 bits per heavy atom. The van der Waals surface area contributed by atoms with Crippen LogP contribution in [0, 0.1) is 5.82 Å². The lowest BCUT2D eigenvalue weighted by Gasteiger charge is -2.34. The first-order valence-electron chi connectivity index (χ1n) is 11.4. The number of piperazine rings is 1. The average molecular weight is 443 g/mol. The van der Waals surface area contributed by atoms with Crippen molar-refractivity contribution in [2.24, 2.45) is 4.99 Å². The van der Waals surface area contributed by atoms with Crippen LogP contribution in [0.15, 0.2) is 47.6 Å². The molecule has 1 aromatic heterocycles. The Hall–Kier alpha value is -2.87. The zero-order valence-electron chi connectivity index (χ0n) is 19.4. The van der Waals surface area contributed by atoms with E-state index in [4.69, 9.17) is 4.74 Å². The van der Waals surface area contributed by atoms with Crippen molar-refractivity contribution in [2.45, 2.75) is 33.4 Å². The van der Waals surface area contributed by atoms with Crippen molar-refractivity contribution >= 4 is 11.8 Å². The van der Waals surface area contributed by atoms with Crippen LogP contribution >= 0.6 is 0 Å². The molecule has 1 aliphatic heterocycles. The summed E-state index contributed by atoms with van der Waals surface area (Å²) in [5, 5.41) is 6.49. The smallest absolute Gasteiger partial charge is 0.191 e. The molecule has 3 rings (SSSR count). The molecule has 174 valence electrons. The minimum absolute atomic E-state index is 0.218.